The van der Waals surface area contributed by atoms with Crippen LogP contribution in [0.25, 0.3) is 32.6 Å². The molecule has 0 amide bonds. The predicted octanol–water partition coefficient (Wildman–Crippen LogP) is 6.67. The molecule has 6 rings (SSSR count). The van der Waals surface area contributed by atoms with Crippen LogP contribution >= 0.6 is 11.3 Å². The molecule has 0 aliphatic carbocycles. The normalized spacial score (nSPS) is 13.1. The van der Waals surface area contributed by atoms with Crippen molar-refractivity contribution in [2.24, 2.45) is 0 Å². The number of nitrogens with zero attached hydrogens (tertiary/aromatic N) is 2. The minimum atomic E-state index is -4.00. The fourth-order valence-corrected chi connectivity index (χ4v) is 7.67. The van der Waals surface area contributed by atoms with Crippen LogP contribution in [0.2, 0.25) is 0 Å². The van der Waals surface area contributed by atoms with Crippen LogP contribution in [0.3, 0.4) is 0 Å². The average molecular weight is 607 g/mol. The number of hydrogen-bond acceptors (Lipinski definition) is 7. The lowest BCUT2D eigenvalue weighted by Gasteiger charge is -2.31. The molecule has 0 saturated carbocycles. The van der Waals surface area contributed by atoms with Crippen molar-refractivity contribution in [1.29, 1.82) is 0 Å². The minimum Gasteiger partial charge on any atom is -0.395 e. The maximum Gasteiger partial charge on any atom is 0.273 e. The lowest BCUT2D eigenvalue weighted by atomic mass is 9.88. The number of aliphatic hydroxyl groups excluding tert-OH is 1. The van der Waals surface area contributed by atoms with Crippen LogP contribution in [0.1, 0.15) is 18.2 Å². The topological polar surface area (TPSA) is 104 Å². The van der Waals surface area contributed by atoms with Crippen LogP contribution in [0.15, 0.2) is 126 Å². The summed E-state index contributed by atoms with van der Waals surface area (Å²) in [6.07, 6.45) is 1.72. The van der Waals surface area contributed by atoms with Crippen molar-refractivity contribution in [3.63, 3.8) is 0 Å². The summed E-state index contributed by atoms with van der Waals surface area (Å²) in [6.45, 7) is 2.33. The quantitative estimate of drug-likeness (QED) is 0.161. The molecule has 4 aromatic carbocycles. The summed E-state index contributed by atoms with van der Waals surface area (Å²) in [5, 5.41) is 15.5. The van der Waals surface area contributed by atoms with E-state index in [0.29, 0.717) is 22.9 Å². The Morgan fingerprint density at radius 2 is 1.53 bits per heavy atom. The number of aliphatic hydroxyl groups is 1. The Balaban J connectivity index is 1.37. The Morgan fingerprint density at radius 3 is 2.26 bits per heavy atom. The van der Waals surface area contributed by atoms with Gasteiger partial charge in [-0.15, -0.1) is 0 Å². The number of aromatic nitrogens is 2. The van der Waals surface area contributed by atoms with Crippen molar-refractivity contribution >= 4 is 37.8 Å². The molecule has 0 aliphatic rings. The molecule has 9 heteroatoms. The highest BCUT2D eigenvalue weighted by atomic mass is 32.2. The molecule has 7 nitrogen and oxygen atoms in total. The molecule has 3 N–H and O–H groups in total. The summed E-state index contributed by atoms with van der Waals surface area (Å²) in [5.74, 6) is 0. The molecule has 1 unspecified atom stereocenters. The lowest BCUT2D eigenvalue weighted by Crippen LogP contribution is -2.42. The Morgan fingerprint density at radius 1 is 0.814 bits per heavy atom. The first kappa shape index (κ1) is 28.7. The van der Waals surface area contributed by atoms with Crippen LogP contribution in [-0.4, -0.2) is 36.6 Å². The van der Waals surface area contributed by atoms with Gasteiger partial charge in [-0.25, -0.2) is 13.4 Å². The van der Waals surface area contributed by atoms with Gasteiger partial charge < -0.3 is 10.4 Å². The molecule has 0 aliphatic heterocycles. The number of pyridine rings is 1. The van der Waals surface area contributed by atoms with Gasteiger partial charge in [0.15, 0.2) is 4.21 Å². The molecule has 43 heavy (non-hydrogen) atoms. The van der Waals surface area contributed by atoms with Crippen LogP contribution in [0.4, 0.5) is 5.69 Å². The number of benzene rings is 4. The molecule has 0 spiro atoms. The van der Waals surface area contributed by atoms with Crippen molar-refractivity contribution in [1.82, 2.24) is 15.3 Å². The van der Waals surface area contributed by atoms with Gasteiger partial charge in [-0.05, 0) is 53.6 Å². The number of fused-ring (bicyclic) bond motifs is 1. The SMILES string of the molecule is CC(NCCO)(c1ccc(NS(=O)(=O)c2sc(-c3ccccc3)nc2-c2ccc3ccccc3c2)cc1)c1ccccn1. The van der Waals surface area contributed by atoms with Gasteiger partial charge in [0.05, 0.1) is 17.8 Å². The second-order valence-corrected chi connectivity index (χ2v) is 13.1. The third-order valence-electron chi connectivity index (χ3n) is 7.37. The van der Waals surface area contributed by atoms with E-state index in [4.69, 9.17) is 4.98 Å². The molecule has 6 aromatic rings. The number of sulfonamides is 1. The first-order valence-corrected chi connectivity index (χ1v) is 16.1. The van der Waals surface area contributed by atoms with Crippen molar-refractivity contribution in [3.8, 4) is 21.8 Å². The zero-order valence-electron chi connectivity index (χ0n) is 23.4. The number of hydrogen-bond donors (Lipinski definition) is 3. The van der Waals surface area contributed by atoms with E-state index in [2.05, 4.69) is 15.0 Å². The Bertz CT molecular complexity index is 1960. The predicted molar refractivity (Wildman–Crippen MR) is 174 cm³/mol. The molecule has 0 fully saturated rings. The minimum absolute atomic E-state index is 0.0281. The smallest absolute Gasteiger partial charge is 0.273 e. The molecule has 2 aromatic heterocycles. The maximum atomic E-state index is 14.0. The van der Waals surface area contributed by atoms with Crippen LogP contribution < -0.4 is 10.0 Å². The van der Waals surface area contributed by atoms with E-state index in [-0.39, 0.29) is 10.8 Å². The second-order valence-electron chi connectivity index (χ2n) is 10.3. The van der Waals surface area contributed by atoms with Gasteiger partial charge in [0.25, 0.3) is 10.0 Å². The van der Waals surface area contributed by atoms with Gasteiger partial charge in [0, 0.05) is 29.6 Å². The summed E-state index contributed by atoms with van der Waals surface area (Å²) in [4.78, 5) is 9.36. The molecular weight excluding hydrogens is 577 g/mol. The van der Waals surface area contributed by atoms with Gasteiger partial charge in [-0.2, -0.15) is 0 Å². The monoisotopic (exact) mass is 606 g/mol. The van der Waals surface area contributed by atoms with E-state index in [1.807, 2.05) is 110 Å². The largest absolute Gasteiger partial charge is 0.395 e. The number of anilines is 1. The Labute approximate surface area is 255 Å². The molecule has 0 radical (unpaired) electrons. The van der Waals surface area contributed by atoms with Crippen molar-refractivity contribution in [2.45, 2.75) is 16.7 Å². The summed E-state index contributed by atoms with van der Waals surface area (Å²) in [7, 11) is -4.00. The third kappa shape index (κ3) is 5.93. The lowest BCUT2D eigenvalue weighted by molar-refractivity contribution is 0.271. The summed E-state index contributed by atoms with van der Waals surface area (Å²) >= 11 is 1.15. The van der Waals surface area contributed by atoms with Crippen LogP contribution in [0.5, 0.6) is 0 Å². The molecule has 0 saturated heterocycles. The first-order valence-electron chi connectivity index (χ1n) is 13.8. The standard InChI is InChI=1S/C34H30N4O3S2/c1-34(36-21-22-39,30-13-7-8-20-35-30)28-16-18-29(19-17-28)38-43(40,41)33-31(37-32(42-33)25-10-3-2-4-11-25)27-15-14-24-9-5-6-12-26(24)23-27/h2-20,23,36,38-39H,21-22H2,1H3. The van der Waals surface area contributed by atoms with Gasteiger partial charge in [-0.3, -0.25) is 9.71 Å². The van der Waals surface area contributed by atoms with Gasteiger partial charge in [0.1, 0.15) is 10.7 Å². The van der Waals surface area contributed by atoms with Crippen LogP contribution in [-0.2, 0) is 15.6 Å². The van der Waals surface area contributed by atoms with Gasteiger partial charge in [0.2, 0.25) is 0 Å². The summed E-state index contributed by atoms with van der Waals surface area (Å²) in [6, 6.07) is 36.3. The number of nitrogens with one attached hydrogen (secondary N) is 2. The van der Waals surface area contributed by atoms with E-state index in [1.54, 1.807) is 18.3 Å². The fourth-order valence-electron chi connectivity index (χ4n) is 5.09. The zero-order chi connectivity index (χ0) is 29.9. The fraction of sp³-hybridized carbons (Fsp3) is 0.118. The third-order valence-corrected chi connectivity index (χ3v) is 10.4. The first-order chi connectivity index (χ1) is 20.9. The number of thiazole rings is 1. The molecule has 2 heterocycles. The van der Waals surface area contributed by atoms with Crippen molar-refractivity contribution in [3.05, 3.63) is 133 Å². The Hall–Kier alpha value is -4.41. The average Bonchev–Trinajstić information content (AvgIpc) is 3.51. The summed E-state index contributed by atoms with van der Waals surface area (Å²) < 4.78 is 30.8. The highest BCUT2D eigenvalue weighted by Gasteiger charge is 2.30. The van der Waals surface area contributed by atoms with Crippen LogP contribution in [0, 0.1) is 0 Å². The van der Waals surface area contributed by atoms with Crippen molar-refractivity contribution < 1.29 is 13.5 Å². The van der Waals surface area contributed by atoms with E-state index >= 15 is 0 Å². The molecule has 1 atom stereocenters. The van der Waals surface area contributed by atoms with Gasteiger partial charge >= 0.3 is 0 Å². The molecule has 216 valence electrons. The van der Waals surface area contributed by atoms with Crippen molar-refractivity contribution in [2.75, 3.05) is 17.9 Å². The van der Waals surface area contributed by atoms with E-state index in [9.17, 15) is 13.5 Å². The zero-order valence-corrected chi connectivity index (χ0v) is 25.1. The second kappa shape index (κ2) is 12.1. The van der Waals surface area contributed by atoms with E-state index < -0.39 is 15.6 Å². The highest BCUT2D eigenvalue weighted by Crippen LogP contribution is 2.39. The molecule has 0 bridgehead atoms. The van der Waals surface area contributed by atoms with E-state index in [1.165, 1.54) is 0 Å². The Kier molecular flexibility index (Phi) is 8.05. The highest BCUT2D eigenvalue weighted by molar-refractivity contribution is 7.94. The van der Waals surface area contributed by atoms with Gasteiger partial charge in [-0.1, -0.05) is 96.3 Å². The summed E-state index contributed by atoms with van der Waals surface area (Å²) in [5.41, 5.74) is 3.40. The maximum absolute atomic E-state index is 14.0. The van der Waals surface area contributed by atoms with E-state index in [0.717, 1.165) is 44.5 Å². The molecular formula is C34H30N4O3S2. The number of rotatable bonds is 10.